The molecule has 16 atom stereocenters. The van der Waals surface area contributed by atoms with E-state index >= 15 is 0 Å². The van der Waals surface area contributed by atoms with Gasteiger partial charge in [-0.3, -0.25) is 14.5 Å². The van der Waals surface area contributed by atoms with Gasteiger partial charge >= 0.3 is 17.9 Å². The van der Waals surface area contributed by atoms with Gasteiger partial charge in [-0.05, 0) is 94.7 Å². The Balaban J connectivity index is 0.00000112. The maximum Gasteiger partial charge on any atom is 0.328 e. The highest BCUT2D eigenvalue weighted by Gasteiger charge is 2.56. The van der Waals surface area contributed by atoms with Gasteiger partial charge in [0.05, 0.1) is 35.7 Å². The van der Waals surface area contributed by atoms with Crippen LogP contribution in [0.15, 0.2) is 23.5 Å². The predicted octanol–water partition coefficient (Wildman–Crippen LogP) is 4.25. The van der Waals surface area contributed by atoms with E-state index in [1.165, 1.54) is 14.2 Å². The molecule has 0 aromatic rings. The lowest BCUT2D eigenvalue weighted by molar-refractivity contribution is -0.317. The van der Waals surface area contributed by atoms with Gasteiger partial charge in [-0.1, -0.05) is 13.8 Å². The van der Waals surface area contributed by atoms with Gasteiger partial charge in [0, 0.05) is 57.2 Å². The zero-order chi connectivity index (χ0) is 46.5. The number of carboxylic acids is 2. The van der Waals surface area contributed by atoms with E-state index in [4.69, 9.17) is 48.1 Å². The summed E-state index contributed by atoms with van der Waals surface area (Å²) in [5, 5.41) is 38.4. The van der Waals surface area contributed by atoms with Crippen LogP contribution < -0.4 is 0 Å². The number of hydrogen-bond donors (Lipinski definition) is 4. The average Bonchev–Trinajstić information content (AvgIpc) is 3.52. The van der Waals surface area contributed by atoms with Crippen LogP contribution in [0, 0.1) is 17.8 Å². The van der Waals surface area contributed by atoms with Crippen LogP contribution in [0.1, 0.15) is 109 Å². The van der Waals surface area contributed by atoms with Gasteiger partial charge in [0.1, 0.15) is 35.8 Å². The second kappa shape index (κ2) is 21.1. The Bertz CT molecular complexity index is 1590. The summed E-state index contributed by atoms with van der Waals surface area (Å²) in [5.74, 6) is -5.10. The molecule has 350 valence electrons. The fraction of sp³-hybridized carbons (Fsp3) is 0.818. The molecule has 61 heavy (non-hydrogen) atoms. The Kier molecular flexibility index (Phi) is 18.1. The predicted molar refractivity (Wildman–Crippen MR) is 221 cm³/mol. The molecular weight excluding hydrogens is 798 g/mol. The van der Waals surface area contributed by atoms with Crippen molar-refractivity contribution in [2.24, 2.45) is 17.8 Å². The molecular formula is C44H73NO16. The minimum Gasteiger partial charge on any atom is -0.488 e. The van der Waals surface area contributed by atoms with Gasteiger partial charge in [-0.25, -0.2) is 9.59 Å². The second-order valence-electron chi connectivity index (χ2n) is 18.1. The standard InChI is InChI=1S/C40H69NO12.C4H4O4/c1-16-28-40(12,47-15)33(43)23(6)31-21(4)18-39(11,53-31)35(52-37-30(42)27(17-22(5)48-37)41(13)20(2)3)24(7)32(25(8)36(45)50-28)51-29-19-38(10,46-14)34(44)26(9)49-29;5-3(6)1-2-4(7)8/h20,22-30,32,34-35,37,42,44H,16-19H2,1-15H3;1-2H,(H,5,6)(H,7,8)/b;2-1-/t22-,23-,24+,25-,26+,27+,28+,29+,30-,32+,34+,35-,37+,38-,39-,40-;/m1./s1. The smallest absolute Gasteiger partial charge is 0.328 e. The lowest BCUT2D eigenvalue weighted by atomic mass is 9.79. The lowest BCUT2D eigenvalue weighted by Gasteiger charge is -2.49. The van der Waals surface area contributed by atoms with Gasteiger partial charge in [0.2, 0.25) is 0 Å². The molecule has 17 nitrogen and oxygen atoms in total. The number of methoxy groups -OCH3 is 2. The Labute approximate surface area is 361 Å². The summed E-state index contributed by atoms with van der Waals surface area (Å²) in [4.78, 5) is 49.9. The van der Waals surface area contributed by atoms with Gasteiger partial charge in [-0.15, -0.1) is 0 Å². The SMILES string of the molecule is CC[C@@H]1OC(=O)[C@H](C)[C@@H](O[C@H]2C[C@@](C)(OC)[C@@H](O)[C@H](C)O2)[C@H](C)[C@@H](O[C@@H]2O[C@H](C)C[C@H](N(C)C(C)C)[C@H]2O)[C@@]2(C)CC(C)=C(O2)[C@@H](C)C(=O)[C@]1(C)OC.O=C(O)/C=C\C(=O)O. The molecule has 0 aromatic heterocycles. The number of carboxylic acid groups (broad SMARTS) is 2. The highest BCUT2D eigenvalue weighted by Crippen LogP contribution is 2.47. The zero-order valence-corrected chi connectivity index (χ0v) is 38.7. The fourth-order valence-electron chi connectivity index (χ4n) is 9.19. The number of Topliss-reactive ketones (excluding diaryl/α,β-unsaturated/α-hetero) is 1. The number of nitrogens with zero attached hydrogens (tertiary/aromatic N) is 1. The largest absolute Gasteiger partial charge is 0.488 e. The Morgan fingerprint density at radius 2 is 1.54 bits per heavy atom. The third kappa shape index (κ3) is 11.8. The summed E-state index contributed by atoms with van der Waals surface area (Å²) >= 11 is 0. The van der Waals surface area contributed by atoms with Crippen molar-refractivity contribution in [1.82, 2.24) is 4.90 Å². The molecule has 0 aliphatic carbocycles. The Morgan fingerprint density at radius 1 is 0.951 bits per heavy atom. The first-order valence-corrected chi connectivity index (χ1v) is 21.3. The van der Waals surface area contributed by atoms with Crippen molar-refractivity contribution in [1.29, 1.82) is 0 Å². The summed E-state index contributed by atoms with van der Waals surface area (Å²) in [6.45, 7) is 22.5. The number of ether oxygens (including phenoxy) is 8. The maximum absolute atomic E-state index is 14.4. The topological polar surface area (TPSA) is 226 Å². The summed E-state index contributed by atoms with van der Waals surface area (Å²) in [6, 6.07) is -0.0782. The Hall–Kier alpha value is -3.00. The van der Waals surface area contributed by atoms with Crippen LogP contribution in [0.25, 0.3) is 0 Å². The van der Waals surface area contributed by atoms with Crippen molar-refractivity contribution >= 4 is 23.7 Å². The van der Waals surface area contributed by atoms with Crippen LogP contribution in [0.3, 0.4) is 0 Å². The second-order valence-corrected chi connectivity index (χ2v) is 18.1. The van der Waals surface area contributed by atoms with Crippen LogP contribution in [-0.2, 0) is 57.1 Å². The quantitative estimate of drug-likeness (QED) is 0.168. The summed E-state index contributed by atoms with van der Waals surface area (Å²) in [7, 11) is 4.97. The molecule has 3 fully saturated rings. The molecule has 0 radical (unpaired) electrons. The number of carbonyl (C=O) groups is 4. The van der Waals surface area contributed by atoms with Crippen LogP contribution >= 0.6 is 0 Å². The molecule has 4 aliphatic rings. The van der Waals surface area contributed by atoms with Crippen molar-refractivity contribution in [3.05, 3.63) is 23.5 Å². The number of aliphatic hydroxyl groups is 2. The average molecular weight is 872 g/mol. The van der Waals surface area contributed by atoms with Crippen molar-refractivity contribution in [3.63, 3.8) is 0 Å². The van der Waals surface area contributed by atoms with Crippen molar-refractivity contribution in [2.45, 2.75) is 193 Å². The number of aliphatic hydroxyl groups excluding tert-OH is 2. The van der Waals surface area contributed by atoms with E-state index in [9.17, 15) is 29.4 Å². The third-order valence-corrected chi connectivity index (χ3v) is 13.2. The first-order chi connectivity index (χ1) is 28.2. The summed E-state index contributed by atoms with van der Waals surface area (Å²) in [5.41, 5.74) is -2.66. The first kappa shape index (κ1) is 52.3. The van der Waals surface area contributed by atoms with Crippen LogP contribution in [0.5, 0.6) is 0 Å². The third-order valence-electron chi connectivity index (χ3n) is 13.2. The van der Waals surface area contributed by atoms with Gasteiger partial charge < -0.3 is 58.3 Å². The summed E-state index contributed by atoms with van der Waals surface area (Å²) in [6.07, 6.45) is -4.72. The van der Waals surface area contributed by atoms with E-state index in [1.54, 1.807) is 34.6 Å². The summed E-state index contributed by atoms with van der Waals surface area (Å²) < 4.78 is 51.1. The highest BCUT2D eigenvalue weighted by atomic mass is 16.7. The number of allylic oxidation sites excluding steroid dienone is 1. The van der Waals surface area contributed by atoms with Crippen molar-refractivity contribution < 1.29 is 77.5 Å². The highest BCUT2D eigenvalue weighted by molar-refractivity contribution is 5.92. The lowest BCUT2D eigenvalue weighted by Crippen LogP contribution is -2.61. The molecule has 4 N–H and O–H groups in total. The molecule has 4 heterocycles. The molecule has 3 saturated heterocycles. The molecule has 2 bridgehead atoms. The van der Waals surface area contributed by atoms with E-state index in [-0.39, 0.29) is 30.4 Å². The number of hydrogen-bond acceptors (Lipinski definition) is 15. The number of cyclic esters (lactones) is 1. The molecule has 0 spiro atoms. The number of esters is 1. The molecule has 0 amide bonds. The fourth-order valence-corrected chi connectivity index (χ4v) is 9.19. The molecule has 4 rings (SSSR count). The van der Waals surface area contributed by atoms with Gasteiger partial charge in [0.25, 0.3) is 0 Å². The van der Waals surface area contributed by atoms with Crippen LogP contribution in [-0.4, -0.2) is 154 Å². The number of aliphatic carboxylic acids is 2. The first-order valence-electron chi connectivity index (χ1n) is 21.3. The molecule has 0 aromatic carbocycles. The minimum atomic E-state index is -1.48. The molecule has 0 unspecified atom stereocenters. The van der Waals surface area contributed by atoms with Gasteiger partial charge in [-0.2, -0.15) is 0 Å². The van der Waals surface area contributed by atoms with Crippen molar-refractivity contribution in [2.75, 3.05) is 21.3 Å². The molecule has 17 heteroatoms. The maximum atomic E-state index is 14.4. The minimum absolute atomic E-state index is 0.164. The number of fused-ring (bicyclic) bond motifs is 2. The van der Waals surface area contributed by atoms with E-state index in [0.29, 0.717) is 37.2 Å². The molecule has 0 saturated carbocycles. The number of ketones is 1. The number of rotatable bonds is 11. The number of carbonyl (C=O) groups excluding carboxylic acids is 2. The zero-order valence-electron chi connectivity index (χ0n) is 38.7. The van der Waals surface area contributed by atoms with Crippen LogP contribution in [0.2, 0.25) is 0 Å². The monoisotopic (exact) mass is 871 g/mol. The number of likely N-dealkylation sites (N-methyl/N-ethyl adjacent to an activating group) is 1. The van der Waals surface area contributed by atoms with E-state index in [0.717, 1.165) is 5.57 Å². The van der Waals surface area contributed by atoms with E-state index in [2.05, 4.69) is 18.7 Å². The normalized spacial score (nSPS) is 41.3. The van der Waals surface area contributed by atoms with E-state index < -0.39 is 102 Å². The van der Waals surface area contributed by atoms with Crippen LogP contribution in [0.4, 0.5) is 0 Å². The molecule has 4 aliphatic heterocycles. The Morgan fingerprint density at radius 3 is 2.05 bits per heavy atom. The van der Waals surface area contributed by atoms with E-state index in [1.807, 2.05) is 41.7 Å². The van der Waals surface area contributed by atoms with Crippen molar-refractivity contribution in [3.8, 4) is 0 Å². The van der Waals surface area contributed by atoms with Gasteiger partial charge in [0.15, 0.2) is 24.0 Å².